The maximum Gasteiger partial charge on any atom is 0.218 e. The Balaban J connectivity index is 1.60. The number of rotatable bonds is 10. The number of aliphatic imine (C=N–C) groups is 1. The van der Waals surface area contributed by atoms with Gasteiger partial charge in [0, 0.05) is 45.1 Å². The summed E-state index contributed by atoms with van der Waals surface area (Å²) in [6.07, 6.45) is 5.22. The molecule has 1 aromatic rings. The number of hydrogen-bond donors (Lipinski definition) is 2. The van der Waals surface area contributed by atoms with Gasteiger partial charge in [-0.3, -0.25) is 4.99 Å². The molecule has 0 aliphatic carbocycles. The van der Waals surface area contributed by atoms with Gasteiger partial charge in [-0.15, -0.1) is 0 Å². The summed E-state index contributed by atoms with van der Waals surface area (Å²) in [6, 6.07) is 3.90. The molecule has 1 aromatic heterocycles. The zero-order valence-electron chi connectivity index (χ0n) is 15.3. The van der Waals surface area contributed by atoms with E-state index in [2.05, 4.69) is 20.6 Å². The van der Waals surface area contributed by atoms with Gasteiger partial charge in [0.25, 0.3) is 0 Å². The van der Waals surface area contributed by atoms with Gasteiger partial charge < -0.3 is 24.8 Å². The number of guanidine groups is 1. The summed E-state index contributed by atoms with van der Waals surface area (Å²) in [6.45, 7) is 6.26. The molecule has 7 nitrogen and oxygen atoms in total. The summed E-state index contributed by atoms with van der Waals surface area (Å²) in [5.74, 6) is 1.42. The van der Waals surface area contributed by atoms with Crippen molar-refractivity contribution >= 4 is 5.96 Å². The van der Waals surface area contributed by atoms with Gasteiger partial charge in [-0.2, -0.15) is 0 Å². The average molecular weight is 350 g/mol. The maximum absolute atomic E-state index is 5.65. The molecule has 1 saturated heterocycles. The highest BCUT2D eigenvalue weighted by Crippen LogP contribution is 2.13. The van der Waals surface area contributed by atoms with Crippen LogP contribution < -0.4 is 15.4 Å². The first-order chi connectivity index (χ1) is 12.3. The fourth-order valence-electron chi connectivity index (χ4n) is 2.60. The third-order valence-corrected chi connectivity index (χ3v) is 3.89. The minimum Gasteiger partial charge on any atom is -0.478 e. The normalized spacial score (nSPS) is 17.5. The molecular formula is C18H30N4O3. The molecule has 1 aliphatic heterocycles. The molecule has 1 aliphatic rings. The Morgan fingerprint density at radius 2 is 2.36 bits per heavy atom. The second kappa shape index (κ2) is 11.7. The molecule has 0 amide bonds. The molecule has 0 spiro atoms. The van der Waals surface area contributed by atoms with Gasteiger partial charge in [-0.1, -0.05) is 6.07 Å². The van der Waals surface area contributed by atoms with Crippen LogP contribution in [0.25, 0.3) is 0 Å². The first-order valence-electron chi connectivity index (χ1n) is 9.04. The molecule has 140 valence electrons. The van der Waals surface area contributed by atoms with Crippen LogP contribution in [-0.2, 0) is 16.0 Å². The molecule has 0 radical (unpaired) electrons. The van der Waals surface area contributed by atoms with E-state index in [1.807, 2.05) is 19.1 Å². The minimum atomic E-state index is 0.293. The molecule has 0 bridgehead atoms. The minimum absolute atomic E-state index is 0.293. The van der Waals surface area contributed by atoms with E-state index in [9.17, 15) is 0 Å². The van der Waals surface area contributed by atoms with Gasteiger partial charge in [0.15, 0.2) is 5.96 Å². The lowest BCUT2D eigenvalue weighted by atomic mass is 10.2. The van der Waals surface area contributed by atoms with Crippen LogP contribution in [0.5, 0.6) is 5.88 Å². The quantitative estimate of drug-likeness (QED) is 0.380. The Kier molecular flexibility index (Phi) is 9.07. The predicted octanol–water partition coefficient (Wildman–Crippen LogP) is 1.73. The first-order valence-corrected chi connectivity index (χ1v) is 9.04. The number of aromatic nitrogens is 1. The number of nitrogens with zero attached hydrogens (tertiary/aromatic N) is 2. The van der Waals surface area contributed by atoms with Gasteiger partial charge in [-0.05, 0) is 32.3 Å². The zero-order valence-corrected chi connectivity index (χ0v) is 15.3. The zero-order chi connectivity index (χ0) is 17.7. The van der Waals surface area contributed by atoms with E-state index >= 15 is 0 Å². The highest BCUT2D eigenvalue weighted by Gasteiger charge is 2.14. The topological polar surface area (TPSA) is 77.0 Å². The van der Waals surface area contributed by atoms with Crippen LogP contribution >= 0.6 is 0 Å². The Hall–Kier alpha value is -1.86. The second-order valence-electron chi connectivity index (χ2n) is 5.82. The van der Waals surface area contributed by atoms with Crippen molar-refractivity contribution in [2.75, 3.05) is 40.0 Å². The Labute approximate surface area is 150 Å². The molecule has 7 heteroatoms. The predicted molar refractivity (Wildman–Crippen MR) is 98.0 cm³/mol. The Morgan fingerprint density at radius 3 is 3.12 bits per heavy atom. The maximum atomic E-state index is 5.65. The van der Waals surface area contributed by atoms with E-state index < -0.39 is 0 Å². The van der Waals surface area contributed by atoms with E-state index in [0.717, 1.165) is 50.5 Å². The summed E-state index contributed by atoms with van der Waals surface area (Å²) in [5, 5.41) is 6.56. The standard InChI is InChI=1S/C18H30N4O3/c1-3-24-17-15(7-4-9-20-17)13-22-18(19-2)21-10-6-11-23-14-16-8-5-12-25-16/h4,7,9,16H,3,5-6,8,10-14H2,1-2H3,(H2,19,21,22). The van der Waals surface area contributed by atoms with Gasteiger partial charge in [0.2, 0.25) is 5.88 Å². The van der Waals surface area contributed by atoms with Crippen LogP contribution in [-0.4, -0.2) is 57.1 Å². The third kappa shape index (κ3) is 7.27. The molecule has 0 saturated carbocycles. The summed E-state index contributed by atoms with van der Waals surface area (Å²) in [4.78, 5) is 8.48. The summed E-state index contributed by atoms with van der Waals surface area (Å²) in [5.41, 5.74) is 1.01. The van der Waals surface area contributed by atoms with Crippen molar-refractivity contribution in [3.8, 4) is 5.88 Å². The summed E-state index contributed by atoms with van der Waals surface area (Å²) in [7, 11) is 1.76. The monoisotopic (exact) mass is 350 g/mol. The van der Waals surface area contributed by atoms with Crippen molar-refractivity contribution in [1.82, 2.24) is 15.6 Å². The van der Waals surface area contributed by atoms with Crippen molar-refractivity contribution < 1.29 is 14.2 Å². The van der Waals surface area contributed by atoms with Gasteiger partial charge >= 0.3 is 0 Å². The number of pyridine rings is 1. The second-order valence-corrected chi connectivity index (χ2v) is 5.82. The Morgan fingerprint density at radius 1 is 1.44 bits per heavy atom. The largest absolute Gasteiger partial charge is 0.478 e. The van der Waals surface area contributed by atoms with Gasteiger partial charge in [0.05, 0.1) is 19.3 Å². The van der Waals surface area contributed by atoms with E-state index in [1.54, 1.807) is 13.2 Å². The molecule has 0 aromatic carbocycles. The molecule has 2 N–H and O–H groups in total. The highest BCUT2D eigenvalue weighted by molar-refractivity contribution is 5.79. The van der Waals surface area contributed by atoms with Crippen LogP contribution in [0.2, 0.25) is 0 Å². The van der Waals surface area contributed by atoms with Crippen LogP contribution in [0.3, 0.4) is 0 Å². The van der Waals surface area contributed by atoms with Crippen LogP contribution in [0.15, 0.2) is 23.3 Å². The molecule has 25 heavy (non-hydrogen) atoms. The fraction of sp³-hybridized carbons (Fsp3) is 0.667. The summed E-state index contributed by atoms with van der Waals surface area (Å²) < 4.78 is 16.7. The smallest absolute Gasteiger partial charge is 0.218 e. The van der Waals surface area contributed by atoms with Crippen LogP contribution in [0, 0.1) is 0 Å². The van der Waals surface area contributed by atoms with Crippen molar-refractivity contribution in [2.24, 2.45) is 4.99 Å². The van der Waals surface area contributed by atoms with E-state index in [-0.39, 0.29) is 0 Å². The molecular weight excluding hydrogens is 320 g/mol. The first kappa shape index (κ1) is 19.5. The summed E-state index contributed by atoms with van der Waals surface area (Å²) >= 11 is 0. The SMILES string of the molecule is CCOc1ncccc1CNC(=NC)NCCCOCC1CCCO1. The molecule has 2 rings (SSSR count). The average Bonchev–Trinajstić information content (AvgIpc) is 3.15. The van der Waals surface area contributed by atoms with Crippen molar-refractivity contribution in [3.05, 3.63) is 23.9 Å². The third-order valence-electron chi connectivity index (χ3n) is 3.89. The number of nitrogens with one attached hydrogen (secondary N) is 2. The lowest BCUT2D eigenvalue weighted by Crippen LogP contribution is -2.37. The van der Waals surface area contributed by atoms with Crippen molar-refractivity contribution in [2.45, 2.75) is 38.8 Å². The molecule has 1 fully saturated rings. The van der Waals surface area contributed by atoms with Crippen LogP contribution in [0.1, 0.15) is 31.7 Å². The van der Waals surface area contributed by atoms with Crippen molar-refractivity contribution in [1.29, 1.82) is 0 Å². The molecule has 1 unspecified atom stereocenters. The molecule has 1 atom stereocenters. The Bertz CT molecular complexity index is 519. The van der Waals surface area contributed by atoms with Crippen molar-refractivity contribution in [3.63, 3.8) is 0 Å². The van der Waals surface area contributed by atoms with E-state index in [4.69, 9.17) is 14.2 Å². The lowest BCUT2D eigenvalue weighted by Gasteiger charge is -2.14. The molecule has 2 heterocycles. The van der Waals surface area contributed by atoms with E-state index in [1.165, 1.54) is 0 Å². The fourth-order valence-corrected chi connectivity index (χ4v) is 2.60. The lowest BCUT2D eigenvalue weighted by molar-refractivity contribution is 0.0168. The number of ether oxygens (including phenoxy) is 3. The number of hydrogen-bond acceptors (Lipinski definition) is 5. The highest BCUT2D eigenvalue weighted by atomic mass is 16.5. The van der Waals surface area contributed by atoms with Gasteiger partial charge in [-0.25, -0.2) is 4.98 Å². The van der Waals surface area contributed by atoms with E-state index in [0.29, 0.717) is 31.7 Å². The van der Waals surface area contributed by atoms with Gasteiger partial charge in [0.1, 0.15) is 0 Å². The van der Waals surface area contributed by atoms with Crippen LogP contribution in [0.4, 0.5) is 0 Å².